The van der Waals surface area contributed by atoms with Gasteiger partial charge in [0.15, 0.2) is 0 Å². The van der Waals surface area contributed by atoms with Crippen LogP contribution in [0, 0.1) is 5.41 Å². The number of nitrogens with zero attached hydrogens (tertiary/aromatic N) is 2. The Balaban J connectivity index is 2.01. The first-order chi connectivity index (χ1) is 9.11. The van der Waals surface area contributed by atoms with Crippen molar-refractivity contribution in [1.29, 1.82) is 0 Å². The van der Waals surface area contributed by atoms with E-state index in [0.717, 1.165) is 30.3 Å². The second kappa shape index (κ2) is 5.97. The minimum absolute atomic E-state index is 0.123. The summed E-state index contributed by atoms with van der Waals surface area (Å²) < 4.78 is 0. The zero-order valence-electron chi connectivity index (χ0n) is 11.6. The van der Waals surface area contributed by atoms with Crippen LogP contribution in [0.15, 0.2) is 30.5 Å². The topological polar surface area (TPSA) is 58.0 Å². The number of anilines is 1. The molecule has 0 amide bonds. The van der Waals surface area contributed by atoms with Gasteiger partial charge in [-0.05, 0) is 24.3 Å². The third-order valence-corrected chi connectivity index (χ3v) is 3.23. The summed E-state index contributed by atoms with van der Waals surface area (Å²) in [4.78, 5) is 8.81. The zero-order valence-corrected chi connectivity index (χ0v) is 11.6. The third kappa shape index (κ3) is 3.89. The van der Waals surface area contributed by atoms with E-state index in [1.54, 1.807) is 0 Å². The van der Waals surface area contributed by atoms with Crippen molar-refractivity contribution in [2.24, 2.45) is 5.41 Å². The Kier molecular flexibility index (Phi) is 4.32. The molecule has 0 spiro atoms. The van der Waals surface area contributed by atoms with Gasteiger partial charge in [-0.1, -0.05) is 32.0 Å². The molecule has 0 aliphatic heterocycles. The summed E-state index contributed by atoms with van der Waals surface area (Å²) in [5.41, 5.74) is 1.07. The summed E-state index contributed by atoms with van der Waals surface area (Å²) in [6.07, 6.45) is 3.64. The lowest BCUT2D eigenvalue weighted by molar-refractivity contribution is 0.247. The molecule has 0 aliphatic rings. The number of aromatic nitrogens is 2. The van der Waals surface area contributed by atoms with Crippen molar-refractivity contribution >= 4 is 16.9 Å². The predicted molar refractivity (Wildman–Crippen MR) is 78.1 cm³/mol. The van der Waals surface area contributed by atoms with Gasteiger partial charge in [0.1, 0.15) is 0 Å². The number of fused-ring (bicyclic) bond motifs is 1. The van der Waals surface area contributed by atoms with E-state index in [0.29, 0.717) is 5.95 Å². The van der Waals surface area contributed by atoms with Gasteiger partial charge in [-0.25, -0.2) is 9.97 Å². The summed E-state index contributed by atoms with van der Waals surface area (Å²) in [6, 6.07) is 7.95. The Morgan fingerprint density at radius 2 is 2.05 bits per heavy atom. The number of hydrogen-bond donors (Lipinski definition) is 2. The van der Waals surface area contributed by atoms with Crippen LogP contribution in [-0.2, 0) is 0 Å². The normalized spacial score (nSPS) is 11.7. The van der Waals surface area contributed by atoms with E-state index in [4.69, 9.17) is 5.11 Å². The maximum atomic E-state index is 8.89. The van der Waals surface area contributed by atoms with Crippen LogP contribution in [0.1, 0.15) is 26.7 Å². The summed E-state index contributed by atoms with van der Waals surface area (Å²) in [5, 5.41) is 13.2. The molecule has 0 radical (unpaired) electrons. The molecule has 0 unspecified atom stereocenters. The SMILES string of the molecule is CC(C)(CCCO)CNc1ncc2ccccc2n1. The van der Waals surface area contributed by atoms with Gasteiger partial charge in [-0.2, -0.15) is 0 Å². The molecule has 4 heteroatoms. The molecule has 1 aromatic heterocycles. The fourth-order valence-electron chi connectivity index (χ4n) is 2.02. The highest BCUT2D eigenvalue weighted by Crippen LogP contribution is 2.22. The van der Waals surface area contributed by atoms with E-state index >= 15 is 0 Å². The van der Waals surface area contributed by atoms with Crippen molar-refractivity contribution in [3.63, 3.8) is 0 Å². The summed E-state index contributed by atoms with van der Waals surface area (Å²) in [6.45, 7) is 5.40. The number of para-hydroxylation sites is 1. The molecule has 0 atom stereocenters. The Morgan fingerprint density at radius 3 is 2.84 bits per heavy atom. The van der Waals surface area contributed by atoms with E-state index in [2.05, 4.69) is 29.1 Å². The average molecular weight is 259 g/mol. The second-order valence-electron chi connectivity index (χ2n) is 5.60. The van der Waals surface area contributed by atoms with E-state index in [1.807, 2.05) is 30.5 Å². The lowest BCUT2D eigenvalue weighted by Gasteiger charge is -2.24. The number of aliphatic hydroxyl groups is 1. The van der Waals surface area contributed by atoms with Crippen molar-refractivity contribution in [3.8, 4) is 0 Å². The molecule has 0 saturated heterocycles. The first-order valence-electron chi connectivity index (χ1n) is 6.67. The van der Waals surface area contributed by atoms with Crippen molar-refractivity contribution in [2.45, 2.75) is 26.7 Å². The molecular formula is C15H21N3O. The highest BCUT2D eigenvalue weighted by molar-refractivity contribution is 5.78. The van der Waals surface area contributed by atoms with Crippen LogP contribution in [0.3, 0.4) is 0 Å². The lowest BCUT2D eigenvalue weighted by atomic mass is 9.88. The van der Waals surface area contributed by atoms with E-state index in [9.17, 15) is 0 Å². The molecule has 102 valence electrons. The molecule has 0 saturated carbocycles. The highest BCUT2D eigenvalue weighted by Gasteiger charge is 2.17. The van der Waals surface area contributed by atoms with Crippen LogP contribution in [-0.4, -0.2) is 28.2 Å². The third-order valence-electron chi connectivity index (χ3n) is 3.23. The minimum Gasteiger partial charge on any atom is -0.396 e. The van der Waals surface area contributed by atoms with E-state index in [-0.39, 0.29) is 12.0 Å². The first-order valence-corrected chi connectivity index (χ1v) is 6.67. The Hall–Kier alpha value is -1.68. The molecule has 1 aromatic carbocycles. The number of aliphatic hydroxyl groups excluding tert-OH is 1. The molecule has 2 rings (SSSR count). The molecule has 2 N–H and O–H groups in total. The molecule has 0 fully saturated rings. The summed E-state index contributed by atoms with van der Waals surface area (Å²) in [7, 11) is 0. The fraction of sp³-hybridized carbons (Fsp3) is 0.467. The molecule has 4 nitrogen and oxygen atoms in total. The van der Waals surface area contributed by atoms with Crippen LogP contribution < -0.4 is 5.32 Å². The molecule has 0 bridgehead atoms. The van der Waals surface area contributed by atoms with Gasteiger partial charge in [0.2, 0.25) is 5.95 Å². The molecular weight excluding hydrogens is 238 g/mol. The van der Waals surface area contributed by atoms with Crippen molar-refractivity contribution < 1.29 is 5.11 Å². The number of rotatable bonds is 6. The smallest absolute Gasteiger partial charge is 0.223 e. The van der Waals surface area contributed by atoms with E-state index in [1.165, 1.54) is 0 Å². The van der Waals surface area contributed by atoms with Crippen LogP contribution >= 0.6 is 0 Å². The first kappa shape index (κ1) is 13.7. The molecule has 0 aliphatic carbocycles. The molecule has 2 aromatic rings. The highest BCUT2D eigenvalue weighted by atomic mass is 16.2. The van der Waals surface area contributed by atoms with Crippen molar-refractivity contribution in [3.05, 3.63) is 30.5 Å². The van der Waals surface area contributed by atoms with Crippen molar-refractivity contribution in [1.82, 2.24) is 9.97 Å². The van der Waals surface area contributed by atoms with Gasteiger partial charge in [0.25, 0.3) is 0 Å². The molecule has 1 heterocycles. The van der Waals surface area contributed by atoms with Crippen LogP contribution in [0.25, 0.3) is 10.9 Å². The van der Waals surface area contributed by atoms with Gasteiger partial charge in [0.05, 0.1) is 5.52 Å². The fourth-order valence-corrected chi connectivity index (χ4v) is 2.02. The number of benzene rings is 1. The van der Waals surface area contributed by atoms with Gasteiger partial charge in [0, 0.05) is 24.7 Å². The number of hydrogen-bond acceptors (Lipinski definition) is 4. The van der Waals surface area contributed by atoms with Gasteiger partial charge in [-0.3, -0.25) is 0 Å². The molecule has 19 heavy (non-hydrogen) atoms. The zero-order chi connectivity index (χ0) is 13.7. The van der Waals surface area contributed by atoms with Crippen LogP contribution in [0.5, 0.6) is 0 Å². The van der Waals surface area contributed by atoms with Crippen LogP contribution in [0.4, 0.5) is 5.95 Å². The monoisotopic (exact) mass is 259 g/mol. The van der Waals surface area contributed by atoms with Gasteiger partial charge >= 0.3 is 0 Å². The minimum atomic E-state index is 0.123. The predicted octanol–water partition coefficient (Wildman–Crippen LogP) is 2.84. The Morgan fingerprint density at radius 1 is 1.26 bits per heavy atom. The maximum absolute atomic E-state index is 8.89. The Labute approximate surface area is 113 Å². The quantitative estimate of drug-likeness (QED) is 0.837. The van der Waals surface area contributed by atoms with Crippen molar-refractivity contribution in [2.75, 3.05) is 18.5 Å². The van der Waals surface area contributed by atoms with Gasteiger partial charge < -0.3 is 10.4 Å². The van der Waals surface area contributed by atoms with Gasteiger partial charge in [-0.15, -0.1) is 0 Å². The lowest BCUT2D eigenvalue weighted by Crippen LogP contribution is -2.24. The second-order valence-corrected chi connectivity index (χ2v) is 5.60. The number of nitrogens with one attached hydrogen (secondary N) is 1. The standard InChI is InChI=1S/C15H21N3O/c1-15(2,8-5-9-19)11-17-14-16-10-12-6-3-4-7-13(12)18-14/h3-4,6-7,10,19H,5,8-9,11H2,1-2H3,(H,16,17,18). The van der Waals surface area contributed by atoms with E-state index < -0.39 is 0 Å². The summed E-state index contributed by atoms with van der Waals surface area (Å²) in [5.74, 6) is 0.663. The summed E-state index contributed by atoms with van der Waals surface area (Å²) >= 11 is 0. The van der Waals surface area contributed by atoms with Crippen LogP contribution in [0.2, 0.25) is 0 Å². The maximum Gasteiger partial charge on any atom is 0.223 e. The largest absolute Gasteiger partial charge is 0.396 e. The average Bonchev–Trinajstić information content (AvgIpc) is 2.43. The Bertz CT molecular complexity index is 540.